The number of nitro groups is 1. The summed E-state index contributed by atoms with van der Waals surface area (Å²) in [7, 11) is 0. The van der Waals surface area contributed by atoms with Gasteiger partial charge in [-0.05, 0) is 13.0 Å². The van der Waals surface area contributed by atoms with Crippen LogP contribution in [0.15, 0.2) is 33.9 Å². The second-order valence-corrected chi connectivity index (χ2v) is 5.54. The Morgan fingerprint density at radius 2 is 2.20 bits per heavy atom. The fourth-order valence-corrected chi connectivity index (χ4v) is 2.53. The number of rotatable bonds is 6. The fourth-order valence-electron chi connectivity index (χ4n) is 2.53. The summed E-state index contributed by atoms with van der Waals surface area (Å²) in [6, 6.07) is 6.73. The van der Waals surface area contributed by atoms with Gasteiger partial charge < -0.3 is 19.0 Å². The van der Waals surface area contributed by atoms with E-state index in [-0.39, 0.29) is 17.2 Å². The van der Waals surface area contributed by atoms with Gasteiger partial charge in [-0.3, -0.25) is 10.1 Å². The van der Waals surface area contributed by atoms with Crippen LogP contribution in [0.5, 0.6) is 0 Å². The summed E-state index contributed by atoms with van der Waals surface area (Å²) in [5.74, 6) is 0.692. The molecule has 0 saturated carbocycles. The molecule has 1 aromatic carbocycles. The molecule has 1 aliphatic heterocycles. The van der Waals surface area contributed by atoms with E-state index in [4.69, 9.17) is 14.1 Å². The van der Waals surface area contributed by atoms with Gasteiger partial charge in [0, 0.05) is 30.8 Å². The molecular formula is C16H18N4O5. The Bertz CT molecular complexity index is 768. The van der Waals surface area contributed by atoms with Crippen molar-refractivity contribution in [2.75, 3.05) is 31.2 Å². The Kier molecular flexibility index (Phi) is 5.24. The van der Waals surface area contributed by atoms with Crippen molar-refractivity contribution in [2.24, 2.45) is 5.16 Å². The monoisotopic (exact) mass is 346 g/mol. The van der Waals surface area contributed by atoms with Crippen molar-refractivity contribution in [3.8, 4) is 0 Å². The average molecular weight is 346 g/mol. The van der Waals surface area contributed by atoms with Crippen molar-refractivity contribution >= 4 is 17.6 Å². The topological polar surface area (TPSA) is 103 Å². The number of ether oxygens (including phenoxy) is 1. The van der Waals surface area contributed by atoms with Gasteiger partial charge in [0.15, 0.2) is 6.61 Å². The minimum Gasteiger partial charge on any atom is -0.389 e. The maximum atomic E-state index is 11.4. The number of hydrogen-bond acceptors (Lipinski definition) is 8. The predicted molar refractivity (Wildman–Crippen MR) is 89.8 cm³/mol. The van der Waals surface area contributed by atoms with E-state index in [0.29, 0.717) is 49.0 Å². The molecule has 1 aliphatic rings. The van der Waals surface area contributed by atoms with Crippen molar-refractivity contribution in [1.29, 1.82) is 0 Å². The second-order valence-electron chi connectivity index (χ2n) is 5.54. The highest BCUT2D eigenvalue weighted by Gasteiger charge is 2.21. The molecule has 2 aromatic rings. The first-order valence-corrected chi connectivity index (χ1v) is 7.82. The Morgan fingerprint density at radius 3 is 2.88 bits per heavy atom. The Hall–Kier alpha value is -2.94. The van der Waals surface area contributed by atoms with E-state index in [2.05, 4.69) is 10.3 Å². The second kappa shape index (κ2) is 7.75. The van der Waals surface area contributed by atoms with Crippen LogP contribution in [0.4, 0.5) is 11.4 Å². The molecule has 0 N–H and O–H groups in total. The number of nitro benzene ring substituents is 1. The summed E-state index contributed by atoms with van der Waals surface area (Å²) >= 11 is 0. The van der Waals surface area contributed by atoms with Crippen LogP contribution in [0.2, 0.25) is 0 Å². The van der Waals surface area contributed by atoms with Gasteiger partial charge in [-0.25, -0.2) is 0 Å². The molecule has 1 saturated heterocycles. The fraction of sp³-hybridized carbons (Fsp3) is 0.375. The van der Waals surface area contributed by atoms with Crippen LogP contribution in [-0.4, -0.2) is 42.6 Å². The van der Waals surface area contributed by atoms with E-state index in [9.17, 15) is 10.1 Å². The first-order chi connectivity index (χ1) is 12.1. The smallest absolute Gasteiger partial charge is 0.293 e. The molecule has 0 atom stereocenters. The minimum atomic E-state index is -0.388. The maximum absolute atomic E-state index is 11.4. The van der Waals surface area contributed by atoms with E-state index in [1.807, 2.05) is 4.90 Å². The number of oxime groups is 1. The van der Waals surface area contributed by atoms with Crippen molar-refractivity contribution in [1.82, 2.24) is 5.16 Å². The van der Waals surface area contributed by atoms with Gasteiger partial charge in [-0.1, -0.05) is 16.4 Å². The summed E-state index contributed by atoms with van der Waals surface area (Å²) < 4.78 is 10.2. The molecule has 3 rings (SSSR count). The average Bonchev–Trinajstić information content (AvgIpc) is 3.04. The highest BCUT2D eigenvalue weighted by Crippen LogP contribution is 2.29. The number of nitrogens with zero attached hydrogens (tertiary/aromatic N) is 4. The molecule has 1 aromatic heterocycles. The highest BCUT2D eigenvalue weighted by atomic mass is 16.6. The van der Waals surface area contributed by atoms with Crippen LogP contribution in [0, 0.1) is 17.0 Å². The van der Waals surface area contributed by atoms with Crippen molar-refractivity contribution < 1.29 is 19.0 Å². The SMILES string of the molecule is Cc1cc(CO/N=C\c2ccc(N3CCOCC3)c([N+](=O)[O-])c2)no1. The molecule has 132 valence electrons. The molecule has 9 nitrogen and oxygen atoms in total. The largest absolute Gasteiger partial charge is 0.389 e. The van der Waals surface area contributed by atoms with Crippen molar-refractivity contribution in [3.05, 3.63) is 51.4 Å². The number of aryl methyl sites for hydroxylation is 1. The van der Waals surface area contributed by atoms with Crippen LogP contribution in [0.1, 0.15) is 17.0 Å². The highest BCUT2D eigenvalue weighted by molar-refractivity contribution is 5.82. The zero-order valence-electron chi connectivity index (χ0n) is 13.8. The van der Waals surface area contributed by atoms with Crippen LogP contribution < -0.4 is 4.90 Å². The van der Waals surface area contributed by atoms with Crippen LogP contribution in [0.3, 0.4) is 0 Å². The lowest BCUT2D eigenvalue weighted by molar-refractivity contribution is -0.384. The summed E-state index contributed by atoms with van der Waals surface area (Å²) in [6.07, 6.45) is 1.43. The molecule has 9 heteroatoms. The number of benzene rings is 1. The van der Waals surface area contributed by atoms with Gasteiger partial charge >= 0.3 is 0 Å². The lowest BCUT2D eigenvalue weighted by Gasteiger charge is -2.28. The third-order valence-electron chi connectivity index (χ3n) is 3.71. The Balaban J connectivity index is 1.68. The number of hydrogen-bond donors (Lipinski definition) is 0. The number of aromatic nitrogens is 1. The van der Waals surface area contributed by atoms with Gasteiger partial charge in [0.2, 0.25) is 0 Å². The minimum absolute atomic E-state index is 0.0398. The van der Waals surface area contributed by atoms with Gasteiger partial charge in [0.05, 0.1) is 24.4 Å². The molecule has 25 heavy (non-hydrogen) atoms. The lowest BCUT2D eigenvalue weighted by Crippen LogP contribution is -2.36. The molecule has 0 radical (unpaired) electrons. The molecular weight excluding hydrogens is 328 g/mol. The predicted octanol–water partition coefficient (Wildman–Crippen LogP) is 2.28. The van der Waals surface area contributed by atoms with E-state index >= 15 is 0 Å². The van der Waals surface area contributed by atoms with E-state index < -0.39 is 0 Å². The third-order valence-corrected chi connectivity index (χ3v) is 3.71. The molecule has 0 amide bonds. The van der Waals surface area contributed by atoms with Gasteiger partial charge in [-0.15, -0.1) is 0 Å². The van der Waals surface area contributed by atoms with E-state index in [1.54, 1.807) is 25.1 Å². The molecule has 2 heterocycles. The molecule has 0 unspecified atom stereocenters. The zero-order chi connectivity index (χ0) is 17.6. The summed E-state index contributed by atoms with van der Waals surface area (Å²) in [6.45, 7) is 4.35. The quantitative estimate of drug-likeness (QED) is 0.449. The zero-order valence-corrected chi connectivity index (χ0v) is 13.8. The van der Waals surface area contributed by atoms with E-state index in [0.717, 1.165) is 0 Å². The van der Waals surface area contributed by atoms with Gasteiger partial charge in [-0.2, -0.15) is 0 Å². The molecule has 0 bridgehead atoms. The molecule has 1 fully saturated rings. The van der Waals surface area contributed by atoms with Crippen LogP contribution in [0.25, 0.3) is 0 Å². The van der Waals surface area contributed by atoms with Crippen LogP contribution in [-0.2, 0) is 16.2 Å². The number of anilines is 1. The normalized spacial score (nSPS) is 14.8. The van der Waals surface area contributed by atoms with Crippen molar-refractivity contribution in [3.63, 3.8) is 0 Å². The molecule has 0 aliphatic carbocycles. The maximum Gasteiger partial charge on any atom is 0.293 e. The molecule has 0 spiro atoms. The first-order valence-electron chi connectivity index (χ1n) is 7.82. The Labute approximate surface area is 143 Å². The van der Waals surface area contributed by atoms with E-state index in [1.165, 1.54) is 12.3 Å². The summed E-state index contributed by atoms with van der Waals surface area (Å²) in [5, 5.41) is 19.0. The Morgan fingerprint density at radius 1 is 1.40 bits per heavy atom. The first kappa shape index (κ1) is 16.9. The number of morpholine rings is 1. The third kappa shape index (κ3) is 4.32. The van der Waals surface area contributed by atoms with Crippen molar-refractivity contribution in [2.45, 2.75) is 13.5 Å². The standard InChI is InChI=1S/C16H18N4O5/c1-12-8-14(18-25-12)11-24-17-10-13-2-3-15(16(9-13)20(21)22)19-4-6-23-7-5-19/h2-3,8-10H,4-7,11H2,1H3/b17-10-. The van der Waals surface area contributed by atoms with Gasteiger partial charge in [0.25, 0.3) is 5.69 Å². The summed E-state index contributed by atoms with van der Waals surface area (Å²) in [4.78, 5) is 18.1. The summed E-state index contributed by atoms with van der Waals surface area (Å²) in [5.41, 5.74) is 1.84. The van der Waals surface area contributed by atoms with Gasteiger partial charge in [0.1, 0.15) is 17.1 Å². The lowest BCUT2D eigenvalue weighted by atomic mass is 10.1. The van der Waals surface area contributed by atoms with Crippen LogP contribution >= 0.6 is 0 Å².